The highest BCUT2D eigenvalue weighted by molar-refractivity contribution is 6.30. The third kappa shape index (κ3) is 7.18. The minimum Gasteiger partial charge on any atom is -0.493 e. The molecule has 9 rings (SSSR count). The van der Waals surface area contributed by atoms with Gasteiger partial charge in [-0.3, -0.25) is 0 Å². The van der Waals surface area contributed by atoms with E-state index in [4.69, 9.17) is 35.5 Å². The van der Waals surface area contributed by atoms with Crippen LogP contribution in [0.4, 0.5) is 0 Å². The second kappa shape index (κ2) is 14.3. The Balaban J connectivity index is 0.000000156. The maximum Gasteiger partial charge on any atom is 0.242 e. The highest BCUT2D eigenvalue weighted by atomic mass is 35.5. The van der Waals surface area contributed by atoms with Crippen LogP contribution in [0.2, 0.25) is 5.15 Å². The topological polar surface area (TPSA) is 98.3 Å². The number of rotatable bonds is 11. The standard InChI is InChI=1S/C24H23N3O3.C16H14ClN3O/c1-28-21-11-8-17(12-22(21)29-2)19-13-20-23(27(15-25-20)18-9-10-18)24(26-19)30-14-16-6-4-3-5-7-16;17-14-8-13-15(20(10-18-13)12-6-7-12)16(19-14)21-9-11-4-2-1-3-5-11/h3-8,11-13,15,18H,9-10,14H2,1-2H3;1-5,8,10,12H,6-7,9H2. The molecule has 0 atom stereocenters. The van der Waals surface area contributed by atoms with E-state index in [0.29, 0.717) is 53.7 Å². The fraction of sp³-hybridized carbons (Fsp3) is 0.250. The second-order valence-electron chi connectivity index (χ2n) is 12.7. The van der Waals surface area contributed by atoms with Gasteiger partial charge in [0.2, 0.25) is 11.8 Å². The molecule has 51 heavy (non-hydrogen) atoms. The number of halogens is 1. The van der Waals surface area contributed by atoms with Crippen LogP contribution < -0.4 is 18.9 Å². The van der Waals surface area contributed by atoms with Crippen LogP contribution in [0.25, 0.3) is 33.3 Å². The number of ether oxygens (including phenoxy) is 4. The number of pyridine rings is 2. The van der Waals surface area contributed by atoms with Crippen LogP contribution in [0.1, 0.15) is 48.9 Å². The third-order valence-electron chi connectivity index (χ3n) is 9.01. The molecular formula is C40H37ClN6O4. The molecule has 2 aliphatic carbocycles. The summed E-state index contributed by atoms with van der Waals surface area (Å²) >= 11 is 6.07. The summed E-state index contributed by atoms with van der Waals surface area (Å²) in [6.45, 7) is 0.924. The smallest absolute Gasteiger partial charge is 0.242 e. The summed E-state index contributed by atoms with van der Waals surface area (Å²) in [4.78, 5) is 18.3. The number of nitrogens with zero attached hydrogens (tertiary/aromatic N) is 6. The number of hydrogen-bond acceptors (Lipinski definition) is 8. The number of benzene rings is 3. The molecular weight excluding hydrogens is 664 g/mol. The van der Waals surface area contributed by atoms with Crippen LogP contribution in [0.3, 0.4) is 0 Å². The van der Waals surface area contributed by atoms with Crippen LogP contribution in [-0.2, 0) is 13.2 Å². The normalized spacial score (nSPS) is 13.9. The monoisotopic (exact) mass is 700 g/mol. The van der Waals surface area contributed by atoms with Gasteiger partial charge in [-0.2, -0.15) is 4.98 Å². The fourth-order valence-electron chi connectivity index (χ4n) is 6.08. The molecule has 10 nitrogen and oxygen atoms in total. The zero-order valence-corrected chi connectivity index (χ0v) is 29.2. The van der Waals surface area contributed by atoms with Crippen LogP contribution in [0.15, 0.2) is 104 Å². The second-order valence-corrected chi connectivity index (χ2v) is 13.1. The van der Waals surface area contributed by atoms with Gasteiger partial charge in [-0.25, -0.2) is 15.0 Å². The molecule has 0 spiro atoms. The summed E-state index contributed by atoms with van der Waals surface area (Å²) in [6, 6.07) is 30.7. The van der Waals surface area contributed by atoms with Crippen molar-refractivity contribution in [1.29, 1.82) is 0 Å². The molecule has 0 bridgehead atoms. The molecule has 258 valence electrons. The maximum atomic E-state index is 6.22. The van der Waals surface area contributed by atoms with Crippen molar-refractivity contribution in [3.63, 3.8) is 0 Å². The van der Waals surface area contributed by atoms with E-state index < -0.39 is 0 Å². The number of fused-ring (bicyclic) bond motifs is 2. The first kappa shape index (κ1) is 32.6. The Kier molecular flexibility index (Phi) is 9.15. The summed E-state index contributed by atoms with van der Waals surface area (Å²) in [5.74, 6) is 2.50. The first-order valence-corrected chi connectivity index (χ1v) is 17.4. The molecule has 11 heteroatoms. The van der Waals surface area contributed by atoms with Gasteiger partial charge in [-0.15, -0.1) is 0 Å². The van der Waals surface area contributed by atoms with Gasteiger partial charge < -0.3 is 28.1 Å². The van der Waals surface area contributed by atoms with E-state index in [1.54, 1.807) is 20.3 Å². The summed E-state index contributed by atoms with van der Waals surface area (Å²) in [5, 5.41) is 0.409. The first-order valence-electron chi connectivity index (χ1n) is 17.0. The molecule has 0 saturated heterocycles. The summed E-state index contributed by atoms with van der Waals surface area (Å²) in [7, 11) is 3.26. The maximum absolute atomic E-state index is 6.22. The molecule has 2 saturated carbocycles. The van der Waals surface area contributed by atoms with Crippen molar-refractivity contribution in [2.24, 2.45) is 0 Å². The van der Waals surface area contributed by atoms with E-state index in [1.807, 2.05) is 97.6 Å². The average Bonchev–Trinajstić information content (AvgIpc) is 4.12. The van der Waals surface area contributed by atoms with Crippen molar-refractivity contribution >= 4 is 33.7 Å². The van der Waals surface area contributed by atoms with E-state index in [0.717, 1.165) is 44.5 Å². The summed E-state index contributed by atoms with van der Waals surface area (Å²) in [5.41, 5.74) is 7.52. The SMILES string of the molecule is COc1ccc(-c2cc3ncn(C4CC4)c3c(OCc3ccccc3)n2)cc1OC.Clc1cc2ncn(C3CC3)c2c(OCc2ccccc2)n1. The van der Waals surface area contributed by atoms with Crippen molar-refractivity contribution in [2.45, 2.75) is 51.0 Å². The number of imidazole rings is 2. The molecule has 0 radical (unpaired) electrons. The number of aromatic nitrogens is 6. The molecule has 0 amide bonds. The van der Waals surface area contributed by atoms with E-state index in [1.165, 1.54) is 25.7 Å². The molecule has 0 N–H and O–H groups in total. The summed E-state index contributed by atoms with van der Waals surface area (Å²) in [6.07, 6.45) is 8.47. The van der Waals surface area contributed by atoms with Gasteiger partial charge >= 0.3 is 0 Å². The lowest BCUT2D eigenvalue weighted by molar-refractivity contribution is 0.296. The molecule has 3 aromatic carbocycles. The highest BCUT2D eigenvalue weighted by Gasteiger charge is 2.28. The lowest BCUT2D eigenvalue weighted by Crippen LogP contribution is -2.02. The Bertz CT molecular complexity index is 2280. The quantitative estimate of drug-likeness (QED) is 0.123. The van der Waals surface area contributed by atoms with E-state index in [2.05, 4.69) is 24.1 Å². The minimum atomic E-state index is 0.409. The van der Waals surface area contributed by atoms with Gasteiger partial charge in [0.25, 0.3) is 0 Å². The van der Waals surface area contributed by atoms with E-state index in [9.17, 15) is 0 Å². The Labute approximate surface area is 300 Å². The lowest BCUT2D eigenvalue weighted by Gasteiger charge is -2.13. The molecule has 7 aromatic rings. The molecule has 0 aliphatic heterocycles. The van der Waals surface area contributed by atoms with E-state index >= 15 is 0 Å². The lowest BCUT2D eigenvalue weighted by atomic mass is 10.1. The molecule has 2 aliphatic rings. The van der Waals surface area contributed by atoms with Crippen LogP contribution in [-0.4, -0.2) is 43.3 Å². The van der Waals surface area contributed by atoms with Crippen LogP contribution in [0.5, 0.6) is 23.3 Å². The Morgan fingerprint density at radius 3 is 1.69 bits per heavy atom. The Hall–Kier alpha value is -5.61. The van der Waals surface area contributed by atoms with Gasteiger partial charge in [0.1, 0.15) is 29.4 Å². The zero-order chi connectivity index (χ0) is 34.7. The van der Waals surface area contributed by atoms with Gasteiger partial charge in [0, 0.05) is 23.7 Å². The van der Waals surface area contributed by atoms with Crippen molar-refractivity contribution in [1.82, 2.24) is 29.1 Å². The number of hydrogen-bond donors (Lipinski definition) is 0. The average molecular weight is 701 g/mol. The predicted octanol–water partition coefficient (Wildman–Crippen LogP) is 9.03. The van der Waals surface area contributed by atoms with Crippen LogP contribution >= 0.6 is 11.6 Å². The molecule has 0 unspecified atom stereocenters. The van der Waals surface area contributed by atoms with Crippen LogP contribution in [0, 0.1) is 0 Å². The van der Waals surface area contributed by atoms with Crippen molar-refractivity contribution in [2.75, 3.05) is 14.2 Å². The molecule has 4 heterocycles. The first-order chi connectivity index (χ1) is 25.1. The largest absolute Gasteiger partial charge is 0.493 e. The fourth-order valence-corrected chi connectivity index (χ4v) is 6.26. The van der Waals surface area contributed by atoms with Gasteiger partial charge in [0.15, 0.2) is 11.5 Å². The van der Waals surface area contributed by atoms with Crippen molar-refractivity contribution in [3.8, 4) is 34.5 Å². The van der Waals surface area contributed by atoms with Gasteiger partial charge in [0.05, 0.1) is 43.6 Å². The predicted molar refractivity (Wildman–Crippen MR) is 197 cm³/mol. The van der Waals surface area contributed by atoms with E-state index in [-0.39, 0.29) is 0 Å². The molecule has 4 aromatic heterocycles. The van der Waals surface area contributed by atoms with Gasteiger partial charge in [-0.1, -0.05) is 72.3 Å². The third-order valence-corrected chi connectivity index (χ3v) is 9.20. The van der Waals surface area contributed by atoms with Gasteiger partial charge in [-0.05, 0) is 61.1 Å². The summed E-state index contributed by atoms with van der Waals surface area (Å²) < 4.78 is 27.3. The van der Waals surface area contributed by atoms with Crippen molar-refractivity contribution in [3.05, 3.63) is 120 Å². The molecule has 2 fully saturated rings. The Morgan fingerprint density at radius 2 is 1.16 bits per heavy atom. The minimum absolute atomic E-state index is 0.409. The Morgan fingerprint density at radius 1 is 0.627 bits per heavy atom. The number of methoxy groups -OCH3 is 2. The highest BCUT2D eigenvalue weighted by Crippen LogP contribution is 2.41. The zero-order valence-electron chi connectivity index (χ0n) is 28.4. The van der Waals surface area contributed by atoms with Crippen molar-refractivity contribution < 1.29 is 18.9 Å².